The molecule has 0 unspecified atom stereocenters. The van der Waals surface area contributed by atoms with Crippen molar-refractivity contribution in [1.82, 2.24) is 15.3 Å². The number of nitrogens with one attached hydrogen (secondary N) is 2. The number of benzene rings is 1. The second kappa shape index (κ2) is 8.41. The summed E-state index contributed by atoms with van der Waals surface area (Å²) < 4.78 is 13.4. The van der Waals surface area contributed by atoms with Crippen LogP contribution in [-0.2, 0) is 0 Å². The maximum absolute atomic E-state index is 13.4. The number of piperazine rings is 1. The third-order valence-corrected chi connectivity index (χ3v) is 5.37. The molecular formula is C20H20FN7S. The van der Waals surface area contributed by atoms with E-state index < -0.39 is 0 Å². The fourth-order valence-corrected chi connectivity index (χ4v) is 3.68. The predicted molar refractivity (Wildman–Crippen MR) is 115 cm³/mol. The van der Waals surface area contributed by atoms with Crippen molar-refractivity contribution in [1.29, 1.82) is 5.26 Å². The predicted octanol–water partition coefficient (Wildman–Crippen LogP) is 2.31. The Labute approximate surface area is 173 Å². The molecular weight excluding hydrogens is 389 g/mol. The number of pyridine rings is 1. The van der Waals surface area contributed by atoms with Crippen LogP contribution in [-0.4, -0.2) is 53.4 Å². The summed E-state index contributed by atoms with van der Waals surface area (Å²) in [6.45, 7) is 3.89. The SMILES string of the molecule is N#Cc1ccc(N2CCN(C(=S)N/N=C3/CCNc4cc(F)cnc43)CC2)cc1. The summed E-state index contributed by atoms with van der Waals surface area (Å²) in [5.41, 5.74) is 6.81. The molecule has 1 aromatic heterocycles. The first-order valence-electron chi connectivity index (χ1n) is 9.40. The van der Waals surface area contributed by atoms with Gasteiger partial charge in [-0.25, -0.2) is 9.37 Å². The summed E-state index contributed by atoms with van der Waals surface area (Å²) in [4.78, 5) is 8.51. The van der Waals surface area contributed by atoms with E-state index >= 15 is 0 Å². The lowest BCUT2D eigenvalue weighted by Gasteiger charge is -2.37. The molecule has 2 aliphatic heterocycles. The average Bonchev–Trinajstić information content (AvgIpc) is 2.77. The largest absolute Gasteiger partial charge is 0.383 e. The standard InChI is InChI=1S/C20H20FN7S/c21-15-11-18-19(24-13-15)17(5-6-23-18)25-26-20(29)28-9-7-27(8-10-28)16-3-1-14(12-22)2-4-16/h1-4,11,13,23H,5-10H2,(H,26,29)/b25-17-. The van der Waals surface area contributed by atoms with Crippen molar-refractivity contribution >= 4 is 34.4 Å². The van der Waals surface area contributed by atoms with Gasteiger partial charge in [0.15, 0.2) is 5.11 Å². The number of thiocarbonyl (C=S) groups is 1. The minimum absolute atomic E-state index is 0.374. The Morgan fingerprint density at radius 1 is 1.24 bits per heavy atom. The van der Waals surface area contributed by atoms with Gasteiger partial charge < -0.3 is 15.1 Å². The minimum Gasteiger partial charge on any atom is -0.383 e. The number of hydrogen-bond donors (Lipinski definition) is 2. The molecule has 0 saturated carbocycles. The van der Waals surface area contributed by atoms with Crippen LogP contribution < -0.4 is 15.6 Å². The fraction of sp³-hybridized carbons (Fsp3) is 0.300. The highest BCUT2D eigenvalue weighted by atomic mass is 32.1. The van der Waals surface area contributed by atoms with Gasteiger partial charge in [0.05, 0.1) is 29.2 Å². The highest BCUT2D eigenvalue weighted by Gasteiger charge is 2.21. The Kier molecular flexibility index (Phi) is 5.53. The van der Waals surface area contributed by atoms with Crippen molar-refractivity contribution < 1.29 is 4.39 Å². The third kappa shape index (κ3) is 4.27. The summed E-state index contributed by atoms with van der Waals surface area (Å²) in [6.07, 6.45) is 1.88. The number of nitrogens with zero attached hydrogens (tertiary/aromatic N) is 5. The van der Waals surface area contributed by atoms with Crippen molar-refractivity contribution in [2.24, 2.45) is 5.10 Å². The lowest BCUT2D eigenvalue weighted by molar-refractivity contribution is 0.381. The quantitative estimate of drug-likeness (QED) is 0.582. The van der Waals surface area contributed by atoms with Crippen LogP contribution in [0.5, 0.6) is 0 Å². The molecule has 2 aliphatic rings. The molecule has 0 aliphatic carbocycles. The summed E-state index contributed by atoms with van der Waals surface area (Å²) in [5, 5.41) is 17.1. The van der Waals surface area contributed by atoms with Gasteiger partial charge in [-0.2, -0.15) is 10.4 Å². The Balaban J connectivity index is 1.35. The van der Waals surface area contributed by atoms with E-state index in [1.807, 2.05) is 24.3 Å². The van der Waals surface area contributed by atoms with Crippen LogP contribution in [0.15, 0.2) is 41.6 Å². The molecule has 0 bridgehead atoms. The number of halogens is 1. The van der Waals surface area contributed by atoms with E-state index in [1.165, 1.54) is 12.3 Å². The zero-order chi connectivity index (χ0) is 20.2. The second-order valence-electron chi connectivity index (χ2n) is 6.83. The molecule has 1 fully saturated rings. The van der Waals surface area contributed by atoms with E-state index in [0.29, 0.717) is 35.0 Å². The van der Waals surface area contributed by atoms with Crippen molar-refractivity contribution in [2.75, 3.05) is 42.9 Å². The highest BCUT2D eigenvalue weighted by molar-refractivity contribution is 7.80. The van der Waals surface area contributed by atoms with Gasteiger partial charge in [0.2, 0.25) is 0 Å². The Morgan fingerprint density at radius 3 is 2.72 bits per heavy atom. The van der Waals surface area contributed by atoms with Gasteiger partial charge in [0.1, 0.15) is 11.5 Å². The fourth-order valence-electron chi connectivity index (χ4n) is 3.45. The lowest BCUT2D eigenvalue weighted by Crippen LogP contribution is -2.51. The molecule has 1 aromatic carbocycles. The number of aromatic nitrogens is 1. The van der Waals surface area contributed by atoms with Crippen molar-refractivity contribution in [2.45, 2.75) is 6.42 Å². The van der Waals surface area contributed by atoms with E-state index in [2.05, 4.69) is 36.7 Å². The smallest absolute Gasteiger partial charge is 0.189 e. The van der Waals surface area contributed by atoms with Crippen LogP contribution in [0.3, 0.4) is 0 Å². The Bertz CT molecular complexity index is 975. The molecule has 0 spiro atoms. The number of fused-ring (bicyclic) bond motifs is 1. The zero-order valence-corrected chi connectivity index (χ0v) is 16.5. The van der Waals surface area contributed by atoms with Crippen LogP contribution in [0.2, 0.25) is 0 Å². The third-order valence-electron chi connectivity index (χ3n) is 5.02. The Morgan fingerprint density at radius 2 is 2.00 bits per heavy atom. The van der Waals surface area contributed by atoms with Gasteiger partial charge in [0, 0.05) is 50.9 Å². The maximum atomic E-state index is 13.4. The molecule has 0 atom stereocenters. The molecule has 2 N–H and O–H groups in total. The number of hydrazone groups is 1. The molecule has 9 heteroatoms. The van der Waals surface area contributed by atoms with Crippen LogP contribution in [0.1, 0.15) is 17.7 Å². The molecule has 29 heavy (non-hydrogen) atoms. The van der Waals surface area contributed by atoms with Gasteiger partial charge in [-0.15, -0.1) is 0 Å². The number of nitriles is 1. The maximum Gasteiger partial charge on any atom is 0.189 e. The van der Waals surface area contributed by atoms with Crippen LogP contribution in [0.4, 0.5) is 15.8 Å². The molecule has 4 rings (SSSR count). The number of hydrogen-bond acceptors (Lipinski definition) is 6. The molecule has 7 nitrogen and oxygen atoms in total. The first kappa shape index (κ1) is 19.1. The molecule has 2 aromatic rings. The zero-order valence-electron chi connectivity index (χ0n) is 15.7. The summed E-state index contributed by atoms with van der Waals surface area (Å²) in [6, 6.07) is 11.2. The Hall–Kier alpha value is -3.25. The summed E-state index contributed by atoms with van der Waals surface area (Å²) in [7, 11) is 0. The summed E-state index contributed by atoms with van der Waals surface area (Å²) >= 11 is 5.51. The van der Waals surface area contributed by atoms with Crippen LogP contribution in [0.25, 0.3) is 0 Å². The van der Waals surface area contributed by atoms with Gasteiger partial charge >= 0.3 is 0 Å². The lowest BCUT2D eigenvalue weighted by atomic mass is 10.1. The average molecular weight is 409 g/mol. The van der Waals surface area contributed by atoms with E-state index in [4.69, 9.17) is 17.5 Å². The molecule has 3 heterocycles. The monoisotopic (exact) mass is 409 g/mol. The molecule has 148 valence electrons. The van der Waals surface area contributed by atoms with Gasteiger partial charge in [0.25, 0.3) is 0 Å². The van der Waals surface area contributed by atoms with Gasteiger partial charge in [-0.05, 0) is 36.5 Å². The van der Waals surface area contributed by atoms with E-state index in [1.54, 1.807) is 0 Å². The number of rotatable bonds is 2. The molecule has 1 saturated heterocycles. The molecule has 0 amide bonds. The molecule has 0 radical (unpaired) electrons. The minimum atomic E-state index is -0.374. The van der Waals surface area contributed by atoms with Crippen molar-refractivity contribution in [3.8, 4) is 6.07 Å². The van der Waals surface area contributed by atoms with Crippen LogP contribution >= 0.6 is 12.2 Å². The normalized spacial score (nSPS) is 17.3. The van der Waals surface area contributed by atoms with E-state index in [9.17, 15) is 4.39 Å². The van der Waals surface area contributed by atoms with E-state index in [0.717, 1.165) is 37.6 Å². The van der Waals surface area contributed by atoms with Gasteiger partial charge in [-0.3, -0.25) is 5.43 Å². The van der Waals surface area contributed by atoms with Crippen molar-refractivity contribution in [3.63, 3.8) is 0 Å². The topological polar surface area (TPSA) is 79.6 Å². The highest BCUT2D eigenvalue weighted by Crippen LogP contribution is 2.21. The number of anilines is 2. The first-order valence-corrected chi connectivity index (χ1v) is 9.81. The second-order valence-corrected chi connectivity index (χ2v) is 7.22. The van der Waals surface area contributed by atoms with E-state index in [-0.39, 0.29) is 5.82 Å². The van der Waals surface area contributed by atoms with Gasteiger partial charge in [-0.1, -0.05) is 0 Å². The van der Waals surface area contributed by atoms with Crippen molar-refractivity contribution in [3.05, 3.63) is 53.6 Å². The summed E-state index contributed by atoms with van der Waals surface area (Å²) in [5.74, 6) is -0.374. The van der Waals surface area contributed by atoms with Crippen LogP contribution in [0, 0.1) is 17.1 Å². The first-order chi connectivity index (χ1) is 14.1.